The zero-order valence-corrected chi connectivity index (χ0v) is 14.4. The summed E-state index contributed by atoms with van der Waals surface area (Å²) < 4.78 is 27.8. The van der Waals surface area contributed by atoms with Gasteiger partial charge in [-0.1, -0.05) is 13.8 Å². The number of nitrogens with zero attached hydrogens (tertiary/aromatic N) is 1. The van der Waals surface area contributed by atoms with E-state index in [0.29, 0.717) is 34.6 Å². The first-order chi connectivity index (χ1) is 9.90. The van der Waals surface area contributed by atoms with Crippen molar-refractivity contribution in [3.05, 3.63) is 11.4 Å². The highest BCUT2D eigenvalue weighted by molar-refractivity contribution is 8.00. The Kier molecular flexibility index (Phi) is 5.70. The Bertz CT molecular complexity index is 563. The van der Waals surface area contributed by atoms with Crippen molar-refractivity contribution in [3.8, 4) is 0 Å². The van der Waals surface area contributed by atoms with Crippen molar-refractivity contribution in [3.63, 3.8) is 0 Å². The fourth-order valence-corrected chi connectivity index (χ4v) is 5.08. The largest absolute Gasteiger partial charge is 0.309 e. The zero-order chi connectivity index (χ0) is 15.5. The van der Waals surface area contributed by atoms with Gasteiger partial charge in [-0.25, -0.2) is 13.1 Å². The summed E-state index contributed by atoms with van der Waals surface area (Å²) in [4.78, 5) is 0.290. The molecular weight excluding hydrogens is 308 g/mol. The second-order valence-electron chi connectivity index (χ2n) is 5.65. The van der Waals surface area contributed by atoms with Crippen molar-refractivity contribution >= 4 is 21.8 Å². The normalized spacial score (nSPS) is 19.5. The molecule has 1 saturated heterocycles. The van der Waals surface area contributed by atoms with Crippen molar-refractivity contribution in [2.24, 2.45) is 0 Å². The minimum atomic E-state index is -3.51. The summed E-state index contributed by atoms with van der Waals surface area (Å²) in [6, 6.07) is 0.278. The van der Waals surface area contributed by atoms with E-state index < -0.39 is 10.0 Å². The number of nitrogens with one attached hydrogen (secondary N) is 3. The molecule has 2 heterocycles. The van der Waals surface area contributed by atoms with Crippen molar-refractivity contribution in [1.29, 1.82) is 0 Å². The summed E-state index contributed by atoms with van der Waals surface area (Å²) >= 11 is 1.84. The maximum absolute atomic E-state index is 12.5. The first-order valence-corrected chi connectivity index (χ1v) is 9.82. The van der Waals surface area contributed by atoms with Gasteiger partial charge >= 0.3 is 0 Å². The van der Waals surface area contributed by atoms with Crippen LogP contribution in [0.25, 0.3) is 0 Å². The average Bonchev–Trinajstić information content (AvgIpc) is 3.03. The van der Waals surface area contributed by atoms with E-state index in [1.165, 1.54) is 6.42 Å². The van der Waals surface area contributed by atoms with Crippen molar-refractivity contribution < 1.29 is 8.42 Å². The lowest BCUT2D eigenvalue weighted by atomic mass is 10.2. The van der Waals surface area contributed by atoms with Crippen LogP contribution in [0.1, 0.15) is 38.1 Å². The molecule has 8 heteroatoms. The van der Waals surface area contributed by atoms with Gasteiger partial charge in [0.25, 0.3) is 0 Å². The molecule has 21 heavy (non-hydrogen) atoms. The highest BCUT2D eigenvalue weighted by atomic mass is 32.2. The van der Waals surface area contributed by atoms with Crippen LogP contribution in [-0.4, -0.2) is 42.2 Å². The number of thioether (sulfide) groups is 1. The van der Waals surface area contributed by atoms with Crippen molar-refractivity contribution in [2.75, 3.05) is 12.3 Å². The lowest BCUT2D eigenvalue weighted by molar-refractivity contribution is 0.562. The third-order valence-corrected chi connectivity index (χ3v) is 6.46. The van der Waals surface area contributed by atoms with Gasteiger partial charge in [0.05, 0.1) is 11.4 Å². The first-order valence-electron chi connectivity index (χ1n) is 7.28. The van der Waals surface area contributed by atoms with Crippen LogP contribution in [0.4, 0.5) is 0 Å². The maximum atomic E-state index is 12.5. The van der Waals surface area contributed by atoms with Gasteiger partial charge in [-0.3, -0.25) is 5.10 Å². The molecule has 1 aliphatic heterocycles. The summed E-state index contributed by atoms with van der Waals surface area (Å²) in [5, 5.41) is 10.5. The molecule has 120 valence electrons. The molecule has 0 aromatic carbocycles. The summed E-state index contributed by atoms with van der Waals surface area (Å²) in [6.07, 6.45) is 2.25. The quantitative estimate of drug-likeness (QED) is 0.702. The highest BCUT2D eigenvalue weighted by Crippen LogP contribution is 2.26. The molecule has 1 aliphatic rings. The molecule has 1 atom stereocenters. The van der Waals surface area contributed by atoms with E-state index in [2.05, 4.69) is 20.2 Å². The van der Waals surface area contributed by atoms with Gasteiger partial charge in [0.2, 0.25) is 10.0 Å². The second kappa shape index (κ2) is 7.13. The Morgan fingerprint density at radius 2 is 2.24 bits per heavy atom. The number of hydrogen-bond acceptors (Lipinski definition) is 5. The SMILES string of the molecule is Cc1[nH]nc(CNC(C)C)c1S(=O)(=O)NCC1CCCS1. The van der Waals surface area contributed by atoms with Crippen LogP contribution in [0.15, 0.2) is 4.90 Å². The maximum Gasteiger partial charge on any atom is 0.244 e. The van der Waals surface area contributed by atoms with Gasteiger partial charge < -0.3 is 5.32 Å². The van der Waals surface area contributed by atoms with E-state index in [0.717, 1.165) is 12.2 Å². The molecule has 1 aromatic heterocycles. The fourth-order valence-electron chi connectivity index (χ4n) is 2.33. The van der Waals surface area contributed by atoms with Gasteiger partial charge in [-0.2, -0.15) is 16.9 Å². The van der Waals surface area contributed by atoms with Crippen LogP contribution >= 0.6 is 11.8 Å². The summed E-state index contributed by atoms with van der Waals surface area (Å²) in [6.45, 7) is 6.71. The van der Waals surface area contributed by atoms with Crippen molar-refractivity contribution in [1.82, 2.24) is 20.2 Å². The Balaban J connectivity index is 2.08. The van der Waals surface area contributed by atoms with Crippen LogP contribution in [0.3, 0.4) is 0 Å². The monoisotopic (exact) mass is 332 g/mol. The summed E-state index contributed by atoms with van der Waals surface area (Å²) in [7, 11) is -3.51. The number of aryl methyl sites for hydroxylation is 1. The Morgan fingerprint density at radius 1 is 1.48 bits per heavy atom. The van der Waals surface area contributed by atoms with Crippen molar-refractivity contribution in [2.45, 2.75) is 56.3 Å². The highest BCUT2D eigenvalue weighted by Gasteiger charge is 2.26. The van der Waals surface area contributed by atoms with Gasteiger partial charge in [0, 0.05) is 24.4 Å². The minimum Gasteiger partial charge on any atom is -0.309 e. The third-order valence-electron chi connectivity index (χ3n) is 3.43. The fraction of sp³-hybridized carbons (Fsp3) is 0.769. The number of aromatic nitrogens is 2. The number of rotatable bonds is 7. The predicted molar refractivity (Wildman–Crippen MR) is 86.0 cm³/mol. The zero-order valence-electron chi connectivity index (χ0n) is 12.8. The number of hydrogen-bond donors (Lipinski definition) is 3. The summed E-state index contributed by atoms with van der Waals surface area (Å²) in [5.41, 5.74) is 1.13. The minimum absolute atomic E-state index is 0.278. The van der Waals surface area contributed by atoms with Crippen LogP contribution in [-0.2, 0) is 16.6 Å². The first kappa shape index (κ1) is 16.8. The smallest absolute Gasteiger partial charge is 0.244 e. The number of aromatic amines is 1. The van der Waals surface area contributed by atoms with E-state index >= 15 is 0 Å². The summed E-state index contributed by atoms with van der Waals surface area (Å²) in [5.74, 6) is 1.13. The molecule has 0 spiro atoms. The van der Waals surface area contributed by atoms with E-state index in [-0.39, 0.29) is 6.04 Å². The van der Waals surface area contributed by atoms with Gasteiger partial charge in [0.15, 0.2) is 0 Å². The molecule has 2 rings (SSSR count). The van der Waals surface area contributed by atoms with Gasteiger partial charge in [-0.05, 0) is 25.5 Å². The van der Waals surface area contributed by atoms with Crippen LogP contribution in [0, 0.1) is 6.92 Å². The molecular formula is C13H24N4O2S2. The Hall–Kier alpha value is -0.570. The third kappa shape index (κ3) is 4.45. The molecule has 0 amide bonds. The van der Waals surface area contributed by atoms with Crippen LogP contribution in [0.5, 0.6) is 0 Å². The Labute approximate surface area is 130 Å². The standard InChI is InChI=1S/C13H24N4O2S2/c1-9(2)14-8-12-13(10(3)16-17-12)21(18,19)15-7-11-5-4-6-20-11/h9,11,14-15H,4-8H2,1-3H3,(H,16,17). The molecule has 1 aromatic rings. The predicted octanol–water partition coefficient (Wildman–Crippen LogP) is 1.39. The van der Waals surface area contributed by atoms with E-state index in [9.17, 15) is 8.42 Å². The lowest BCUT2D eigenvalue weighted by Gasteiger charge is -2.12. The van der Waals surface area contributed by atoms with E-state index in [1.54, 1.807) is 6.92 Å². The number of sulfonamides is 1. The topological polar surface area (TPSA) is 86.9 Å². The van der Waals surface area contributed by atoms with Crippen LogP contribution in [0.2, 0.25) is 0 Å². The molecule has 0 bridgehead atoms. The molecule has 0 radical (unpaired) electrons. The molecule has 3 N–H and O–H groups in total. The number of H-pyrrole nitrogens is 1. The van der Waals surface area contributed by atoms with E-state index in [4.69, 9.17) is 0 Å². The molecule has 1 fully saturated rings. The van der Waals surface area contributed by atoms with Crippen LogP contribution < -0.4 is 10.0 Å². The molecule has 6 nitrogen and oxygen atoms in total. The Morgan fingerprint density at radius 3 is 2.86 bits per heavy atom. The molecule has 0 aliphatic carbocycles. The average molecular weight is 332 g/mol. The van der Waals surface area contributed by atoms with Gasteiger partial charge in [-0.15, -0.1) is 0 Å². The molecule has 0 saturated carbocycles. The van der Waals surface area contributed by atoms with Gasteiger partial charge in [0.1, 0.15) is 4.90 Å². The second-order valence-corrected chi connectivity index (χ2v) is 8.76. The van der Waals surface area contributed by atoms with E-state index in [1.807, 2.05) is 25.6 Å². The molecule has 1 unspecified atom stereocenters. The lowest BCUT2D eigenvalue weighted by Crippen LogP contribution is -2.31.